The zero-order valence-corrected chi connectivity index (χ0v) is 6.59. The van der Waals surface area contributed by atoms with Crippen molar-refractivity contribution >= 4 is 5.71 Å². The number of allylic oxidation sites excluding steroid dienone is 1. The van der Waals surface area contributed by atoms with E-state index >= 15 is 0 Å². The molecule has 56 valence electrons. The third kappa shape index (κ3) is 1.38. The molecule has 0 aromatic heterocycles. The Bertz CT molecular complexity index is 176. The third-order valence-corrected chi connectivity index (χ3v) is 1.95. The minimum Gasteiger partial charge on any atom is -0.404 e. The second-order valence-corrected chi connectivity index (χ2v) is 2.71. The van der Waals surface area contributed by atoms with Gasteiger partial charge in [-0.25, -0.2) is 0 Å². The van der Waals surface area contributed by atoms with Gasteiger partial charge in [0.1, 0.15) is 0 Å². The second-order valence-electron chi connectivity index (χ2n) is 2.71. The Labute approximate surface area is 61.8 Å². The predicted molar refractivity (Wildman–Crippen MR) is 44.0 cm³/mol. The standard InChI is InChI=1S/C8H14N2/c1-6(10-2)8(5-9)7-3-4-7/h5,7H,3-4,9H2,1-2H3. The summed E-state index contributed by atoms with van der Waals surface area (Å²) in [6, 6.07) is 0. The Morgan fingerprint density at radius 3 is 2.50 bits per heavy atom. The average Bonchev–Trinajstić information content (AvgIpc) is 2.73. The van der Waals surface area contributed by atoms with Crippen molar-refractivity contribution in [3.8, 4) is 0 Å². The Kier molecular flexibility index (Phi) is 2.10. The van der Waals surface area contributed by atoms with E-state index in [1.165, 1.54) is 18.4 Å². The molecule has 0 aliphatic heterocycles. The summed E-state index contributed by atoms with van der Waals surface area (Å²) in [6.45, 7) is 2.01. The molecule has 2 nitrogen and oxygen atoms in total. The molecule has 0 atom stereocenters. The number of nitrogens with zero attached hydrogens (tertiary/aromatic N) is 1. The lowest BCUT2D eigenvalue weighted by atomic mass is 10.1. The number of aliphatic imine (C=N–C) groups is 1. The minimum atomic E-state index is 0.716. The molecule has 0 aromatic carbocycles. The van der Waals surface area contributed by atoms with Crippen LogP contribution in [0.25, 0.3) is 0 Å². The van der Waals surface area contributed by atoms with Gasteiger partial charge in [-0.3, -0.25) is 4.99 Å². The first kappa shape index (κ1) is 7.32. The summed E-state index contributed by atoms with van der Waals surface area (Å²) in [5.74, 6) is 0.716. The number of nitrogens with two attached hydrogens (primary N) is 1. The molecule has 1 aliphatic rings. The fourth-order valence-electron chi connectivity index (χ4n) is 1.08. The van der Waals surface area contributed by atoms with Crippen LogP contribution in [0.15, 0.2) is 16.8 Å². The first-order valence-electron chi connectivity index (χ1n) is 3.65. The van der Waals surface area contributed by atoms with Crippen LogP contribution < -0.4 is 5.73 Å². The molecule has 1 rings (SSSR count). The minimum absolute atomic E-state index is 0.716. The monoisotopic (exact) mass is 138 g/mol. The Morgan fingerprint density at radius 2 is 2.20 bits per heavy atom. The van der Waals surface area contributed by atoms with Crippen LogP contribution in [-0.2, 0) is 0 Å². The first-order chi connectivity index (χ1) is 4.79. The summed E-state index contributed by atoms with van der Waals surface area (Å²) in [5.41, 5.74) is 7.77. The molecule has 0 bridgehead atoms. The highest BCUT2D eigenvalue weighted by Gasteiger charge is 2.26. The maximum atomic E-state index is 5.45. The summed E-state index contributed by atoms with van der Waals surface area (Å²) in [6.07, 6.45) is 4.27. The van der Waals surface area contributed by atoms with Gasteiger partial charge in [0, 0.05) is 12.8 Å². The molecule has 2 N–H and O–H groups in total. The molecule has 1 aliphatic carbocycles. The maximum Gasteiger partial charge on any atom is 0.0362 e. The van der Waals surface area contributed by atoms with Gasteiger partial charge >= 0.3 is 0 Å². The maximum absolute atomic E-state index is 5.45. The van der Waals surface area contributed by atoms with Crippen LogP contribution in [0, 0.1) is 5.92 Å². The van der Waals surface area contributed by atoms with E-state index in [4.69, 9.17) is 5.73 Å². The van der Waals surface area contributed by atoms with E-state index < -0.39 is 0 Å². The van der Waals surface area contributed by atoms with Gasteiger partial charge < -0.3 is 5.73 Å². The van der Waals surface area contributed by atoms with Crippen LogP contribution in [-0.4, -0.2) is 12.8 Å². The number of rotatable bonds is 2. The van der Waals surface area contributed by atoms with Gasteiger partial charge in [0.25, 0.3) is 0 Å². The van der Waals surface area contributed by atoms with Crippen molar-refractivity contribution in [2.45, 2.75) is 19.8 Å². The second kappa shape index (κ2) is 2.86. The van der Waals surface area contributed by atoms with Crippen LogP contribution in [0.3, 0.4) is 0 Å². The summed E-state index contributed by atoms with van der Waals surface area (Å²) < 4.78 is 0. The van der Waals surface area contributed by atoms with Gasteiger partial charge in [-0.15, -0.1) is 0 Å². The predicted octanol–water partition coefficient (Wildman–Crippen LogP) is 1.33. The number of hydrogen-bond donors (Lipinski definition) is 1. The molecule has 0 radical (unpaired) electrons. The summed E-state index contributed by atoms with van der Waals surface area (Å²) >= 11 is 0. The molecular weight excluding hydrogens is 124 g/mol. The van der Waals surface area contributed by atoms with Gasteiger partial charge in [-0.1, -0.05) is 0 Å². The summed E-state index contributed by atoms with van der Waals surface area (Å²) in [5, 5.41) is 0. The summed E-state index contributed by atoms with van der Waals surface area (Å²) in [4.78, 5) is 4.09. The highest BCUT2D eigenvalue weighted by molar-refractivity contribution is 5.98. The van der Waals surface area contributed by atoms with Gasteiger partial charge in [0.2, 0.25) is 0 Å². The Balaban J connectivity index is 2.65. The molecule has 1 fully saturated rings. The SMILES string of the molecule is CN=C(C)C(=CN)C1CC1. The van der Waals surface area contributed by atoms with E-state index in [2.05, 4.69) is 4.99 Å². The molecule has 0 amide bonds. The van der Waals surface area contributed by atoms with Crippen LogP contribution in [0.4, 0.5) is 0 Å². The highest BCUT2D eigenvalue weighted by Crippen LogP contribution is 2.36. The van der Waals surface area contributed by atoms with Crippen LogP contribution in [0.2, 0.25) is 0 Å². The van der Waals surface area contributed by atoms with Crippen molar-refractivity contribution in [1.29, 1.82) is 0 Å². The van der Waals surface area contributed by atoms with E-state index in [-0.39, 0.29) is 0 Å². The normalized spacial score (nSPS) is 21.4. The van der Waals surface area contributed by atoms with Crippen molar-refractivity contribution in [3.63, 3.8) is 0 Å². The largest absolute Gasteiger partial charge is 0.404 e. The van der Waals surface area contributed by atoms with Crippen LogP contribution >= 0.6 is 0 Å². The fourth-order valence-corrected chi connectivity index (χ4v) is 1.08. The van der Waals surface area contributed by atoms with Gasteiger partial charge in [-0.05, 0) is 37.5 Å². The molecule has 0 aromatic rings. The molecule has 0 spiro atoms. The van der Waals surface area contributed by atoms with Crippen molar-refractivity contribution in [2.24, 2.45) is 16.6 Å². The lowest BCUT2D eigenvalue weighted by molar-refractivity contribution is 1.05. The fraction of sp³-hybridized carbons (Fsp3) is 0.625. The van der Waals surface area contributed by atoms with Gasteiger partial charge in [0.15, 0.2) is 0 Å². The first-order valence-corrected chi connectivity index (χ1v) is 3.65. The Morgan fingerprint density at radius 1 is 1.60 bits per heavy atom. The van der Waals surface area contributed by atoms with E-state index in [9.17, 15) is 0 Å². The third-order valence-electron chi connectivity index (χ3n) is 1.95. The molecular formula is C8H14N2. The average molecular weight is 138 g/mol. The molecule has 0 heterocycles. The van der Waals surface area contributed by atoms with Gasteiger partial charge in [0.05, 0.1) is 0 Å². The van der Waals surface area contributed by atoms with E-state index in [0.717, 1.165) is 5.71 Å². The van der Waals surface area contributed by atoms with E-state index in [0.29, 0.717) is 5.92 Å². The number of hydrogen-bond acceptors (Lipinski definition) is 2. The van der Waals surface area contributed by atoms with Crippen molar-refractivity contribution < 1.29 is 0 Å². The smallest absolute Gasteiger partial charge is 0.0362 e. The van der Waals surface area contributed by atoms with Crippen molar-refractivity contribution in [3.05, 3.63) is 11.8 Å². The lowest BCUT2D eigenvalue weighted by Crippen LogP contribution is -2.02. The highest BCUT2D eigenvalue weighted by atomic mass is 14.7. The quantitative estimate of drug-likeness (QED) is 0.574. The lowest BCUT2D eigenvalue weighted by Gasteiger charge is -2.01. The van der Waals surface area contributed by atoms with E-state index in [1.54, 1.807) is 13.2 Å². The zero-order valence-electron chi connectivity index (χ0n) is 6.59. The van der Waals surface area contributed by atoms with Crippen molar-refractivity contribution in [2.75, 3.05) is 7.05 Å². The van der Waals surface area contributed by atoms with E-state index in [1.807, 2.05) is 6.92 Å². The van der Waals surface area contributed by atoms with Crippen molar-refractivity contribution in [1.82, 2.24) is 0 Å². The molecule has 0 saturated heterocycles. The topological polar surface area (TPSA) is 38.4 Å². The summed E-state index contributed by atoms with van der Waals surface area (Å²) in [7, 11) is 1.81. The molecule has 1 saturated carbocycles. The van der Waals surface area contributed by atoms with Crippen LogP contribution in [0.5, 0.6) is 0 Å². The molecule has 0 unspecified atom stereocenters. The van der Waals surface area contributed by atoms with Gasteiger partial charge in [-0.2, -0.15) is 0 Å². The molecule has 2 heteroatoms. The Hall–Kier alpha value is -0.790. The molecule has 10 heavy (non-hydrogen) atoms. The van der Waals surface area contributed by atoms with Crippen LogP contribution in [0.1, 0.15) is 19.8 Å². The zero-order chi connectivity index (χ0) is 7.56.